The van der Waals surface area contributed by atoms with Crippen LogP contribution in [0.4, 0.5) is 5.69 Å². The van der Waals surface area contributed by atoms with Gasteiger partial charge in [0.25, 0.3) is 5.69 Å². The second-order valence-corrected chi connectivity index (χ2v) is 8.51. The SMILES string of the molecule is Cc1ccc(S(=O)(=O)NCc2cccc(CN3CCOCC3)c2)cc1[N+](=O)[O-]. The van der Waals surface area contributed by atoms with Crippen molar-refractivity contribution in [1.82, 2.24) is 9.62 Å². The number of sulfonamides is 1. The van der Waals surface area contributed by atoms with Gasteiger partial charge in [-0.3, -0.25) is 15.0 Å². The van der Waals surface area contributed by atoms with Crippen LogP contribution in [-0.2, 0) is 27.8 Å². The topological polar surface area (TPSA) is 102 Å². The molecule has 0 amide bonds. The number of ether oxygens (including phenoxy) is 1. The monoisotopic (exact) mass is 405 g/mol. The molecule has 0 saturated carbocycles. The van der Waals surface area contributed by atoms with Crippen molar-refractivity contribution in [2.45, 2.75) is 24.9 Å². The summed E-state index contributed by atoms with van der Waals surface area (Å²) in [5.41, 5.74) is 2.13. The van der Waals surface area contributed by atoms with Gasteiger partial charge in [0.15, 0.2) is 0 Å². The lowest BCUT2D eigenvalue weighted by Gasteiger charge is -2.26. The quantitative estimate of drug-likeness (QED) is 0.560. The third-order valence-electron chi connectivity index (χ3n) is 4.66. The molecule has 1 saturated heterocycles. The Kier molecular flexibility index (Phi) is 6.40. The average molecular weight is 405 g/mol. The first-order valence-electron chi connectivity index (χ1n) is 8.98. The molecule has 8 nitrogen and oxygen atoms in total. The van der Waals surface area contributed by atoms with Crippen molar-refractivity contribution in [3.05, 3.63) is 69.3 Å². The fourth-order valence-corrected chi connectivity index (χ4v) is 4.11. The summed E-state index contributed by atoms with van der Waals surface area (Å²) >= 11 is 0. The molecule has 28 heavy (non-hydrogen) atoms. The van der Waals surface area contributed by atoms with Crippen LogP contribution < -0.4 is 4.72 Å². The Morgan fingerprint density at radius 2 is 1.86 bits per heavy atom. The van der Waals surface area contributed by atoms with Crippen LogP contribution in [0.25, 0.3) is 0 Å². The van der Waals surface area contributed by atoms with Crippen LogP contribution in [0.3, 0.4) is 0 Å². The Balaban J connectivity index is 1.68. The maximum absolute atomic E-state index is 12.5. The van der Waals surface area contributed by atoms with Gasteiger partial charge in [-0.25, -0.2) is 13.1 Å². The van der Waals surface area contributed by atoms with E-state index in [9.17, 15) is 18.5 Å². The summed E-state index contributed by atoms with van der Waals surface area (Å²) in [5, 5.41) is 11.1. The molecule has 3 rings (SSSR count). The van der Waals surface area contributed by atoms with Crippen molar-refractivity contribution in [3.8, 4) is 0 Å². The summed E-state index contributed by atoms with van der Waals surface area (Å²) in [6.45, 7) is 5.67. The number of nitrogens with zero attached hydrogens (tertiary/aromatic N) is 2. The molecule has 0 bridgehead atoms. The summed E-state index contributed by atoms with van der Waals surface area (Å²) in [6, 6.07) is 11.6. The highest BCUT2D eigenvalue weighted by Crippen LogP contribution is 2.22. The summed E-state index contributed by atoms with van der Waals surface area (Å²) < 4.78 is 32.9. The molecule has 1 heterocycles. The highest BCUT2D eigenvalue weighted by molar-refractivity contribution is 7.89. The molecule has 0 spiro atoms. The van der Waals surface area contributed by atoms with E-state index in [2.05, 4.69) is 9.62 Å². The van der Waals surface area contributed by atoms with Gasteiger partial charge < -0.3 is 4.74 Å². The predicted molar refractivity (Wildman–Crippen MR) is 104 cm³/mol. The summed E-state index contributed by atoms with van der Waals surface area (Å²) in [4.78, 5) is 12.7. The first-order valence-corrected chi connectivity index (χ1v) is 10.5. The van der Waals surface area contributed by atoms with Crippen LogP contribution in [0.5, 0.6) is 0 Å². The van der Waals surface area contributed by atoms with Crippen LogP contribution in [0.2, 0.25) is 0 Å². The van der Waals surface area contributed by atoms with E-state index < -0.39 is 14.9 Å². The van der Waals surface area contributed by atoms with Crippen LogP contribution in [0, 0.1) is 17.0 Å². The Morgan fingerprint density at radius 3 is 2.57 bits per heavy atom. The van der Waals surface area contributed by atoms with Gasteiger partial charge in [0.1, 0.15) is 0 Å². The van der Waals surface area contributed by atoms with Crippen molar-refractivity contribution < 1.29 is 18.1 Å². The molecular formula is C19H23N3O5S. The lowest BCUT2D eigenvalue weighted by atomic mass is 10.1. The Labute approximate surface area is 164 Å². The Bertz CT molecular complexity index is 956. The van der Waals surface area contributed by atoms with Gasteiger partial charge >= 0.3 is 0 Å². The fraction of sp³-hybridized carbons (Fsp3) is 0.368. The molecule has 150 valence electrons. The second-order valence-electron chi connectivity index (χ2n) is 6.74. The fourth-order valence-electron chi connectivity index (χ4n) is 3.07. The van der Waals surface area contributed by atoms with Crippen LogP contribution in [0.1, 0.15) is 16.7 Å². The van der Waals surface area contributed by atoms with Crippen molar-refractivity contribution >= 4 is 15.7 Å². The third kappa shape index (κ3) is 5.14. The zero-order chi connectivity index (χ0) is 20.1. The highest BCUT2D eigenvalue weighted by atomic mass is 32.2. The van der Waals surface area contributed by atoms with E-state index in [0.717, 1.165) is 50.0 Å². The Morgan fingerprint density at radius 1 is 1.14 bits per heavy atom. The van der Waals surface area contributed by atoms with E-state index in [1.807, 2.05) is 24.3 Å². The van der Waals surface area contributed by atoms with E-state index in [4.69, 9.17) is 4.74 Å². The number of nitrogens with one attached hydrogen (secondary N) is 1. The normalized spacial score (nSPS) is 15.5. The number of benzene rings is 2. The summed E-state index contributed by atoms with van der Waals surface area (Å²) in [7, 11) is -3.85. The average Bonchev–Trinajstić information content (AvgIpc) is 2.67. The third-order valence-corrected chi connectivity index (χ3v) is 6.05. The highest BCUT2D eigenvalue weighted by Gasteiger charge is 2.19. The zero-order valence-electron chi connectivity index (χ0n) is 15.6. The molecule has 2 aromatic rings. The van der Waals surface area contributed by atoms with E-state index in [-0.39, 0.29) is 17.1 Å². The van der Waals surface area contributed by atoms with Gasteiger partial charge in [0.2, 0.25) is 10.0 Å². The van der Waals surface area contributed by atoms with Gasteiger partial charge in [0, 0.05) is 37.8 Å². The molecule has 0 aliphatic carbocycles. The maximum Gasteiger partial charge on any atom is 0.273 e. The minimum absolute atomic E-state index is 0.112. The summed E-state index contributed by atoms with van der Waals surface area (Å²) in [6.07, 6.45) is 0. The molecule has 0 atom stereocenters. The molecule has 1 aliphatic heterocycles. The number of hydrogen-bond acceptors (Lipinski definition) is 6. The minimum Gasteiger partial charge on any atom is -0.379 e. The first-order chi connectivity index (χ1) is 13.3. The molecular weight excluding hydrogens is 382 g/mol. The number of nitro groups is 1. The number of nitro benzene ring substituents is 1. The zero-order valence-corrected chi connectivity index (χ0v) is 16.4. The number of aryl methyl sites for hydroxylation is 1. The number of morpholine rings is 1. The van der Waals surface area contributed by atoms with Crippen LogP contribution in [-0.4, -0.2) is 44.5 Å². The maximum atomic E-state index is 12.5. The molecule has 1 aliphatic rings. The molecule has 0 unspecified atom stereocenters. The van der Waals surface area contributed by atoms with Gasteiger partial charge in [-0.1, -0.05) is 30.3 Å². The van der Waals surface area contributed by atoms with E-state index in [0.29, 0.717) is 5.56 Å². The smallest absolute Gasteiger partial charge is 0.273 e. The molecule has 9 heteroatoms. The van der Waals surface area contributed by atoms with Crippen LogP contribution >= 0.6 is 0 Å². The first kappa shape index (κ1) is 20.4. The number of rotatable bonds is 7. The molecule has 0 radical (unpaired) electrons. The van der Waals surface area contributed by atoms with Crippen molar-refractivity contribution in [3.63, 3.8) is 0 Å². The Hall–Kier alpha value is -2.33. The largest absolute Gasteiger partial charge is 0.379 e. The molecule has 1 N–H and O–H groups in total. The molecule has 1 fully saturated rings. The van der Waals surface area contributed by atoms with E-state index in [1.165, 1.54) is 12.1 Å². The van der Waals surface area contributed by atoms with Crippen molar-refractivity contribution in [2.24, 2.45) is 0 Å². The van der Waals surface area contributed by atoms with Crippen LogP contribution in [0.15, 0.2) is 47.4 Å². The van der Waals surface area contributed by atoms with Gasteiger partial charge in [0.05, 0.1) is 23.0 Å². The van der Waals surface area contributed by atoms with Gasteiger partial charge in [-0.2, -0.15) is 0 Å². The standard InChI is InChI=1S/C19H23N3O5S/c1-15-5-6-18(12-19(15)22(23)24)28(25,26)20-13-16-3-2-4-17(11-16)14-21-7-9-27-10-8-21/h2-6,11-12,20H,7-10,13-14H2,1H3. The molecule has 0 aromatic heterocycles. The minimum atomic E-state index is -3.85. The van der Waals surface area contributed by atoms with Crippen molar-refractivity contribution in [1.29, 1.82) is 0 Å². The number of hydrogen-bond donors (Lipinski definition) is 1. The summed E-state index contributed by atoms with van der Waals surface area (Å²) in [5.74, 6) is 0. The van der Waals surface area contributed by atoms with E-state index in [1.54, 1.807) is 6.92 Å². The lowest BCUT2D eigenvalue weighted by Crippen LogP contribution is -2.35. The van der Waals surface area contributed by atoms with E-state index >= 15 is 0 Å². The van der Waals surface area contributed by atoms with Gasteiger partial charge in [-0.15, -0.1) is 0 Å². The van der Waals surface area contributed by atoms with Crippen molar-refractivity contribution in [2.75, 3.05) is 26.3 Å². The lowest BCUT2D eigenvalue weighted by molar-refractivity contribution is -0.385. The second kappa shape index (κ2) is 8.78. The van der Waals surface area contributed by atoms with Gasteiger partial charge in [-0.05, 0) is 24.1 Å². The molecule has 2 aromatic carbocycles. The predicted octanol–water partition coefficient (Wildman–Crippen LogP) is 2.21.